The molecule has 0 aromatic heterocycles. The molecule has 3 aliphatic rings. The Balaban J connectivity index is 1.53. The summed E-state index contributed by atoms with van der Waals surface area (Å²) in [5.41, 5.74) is 0.698. The molecular formula is C24H17F4NO2. The minimum Gasteiger partial charge on any atom is -0.437 e. The molecule has 1 atom stereocenters. The van der Waals surface area contributed by atoms with E-state index in [9.17, 15) is 22.4 Å². The summed E-state index contributed by atoms with van der Waals surface area (Å²) in [5, 5.41) is 3.08. The molecule has 2 aliphatic carbocycles. The number of ether oxygens (including phenoxy) is 1. The van der Waals surface area contributed by atoms with Gasteiger partial charge in [-0.05, 0) is 53.8 Å². The van der Waals surface area contributed by atoms with Gasteiger partial charge in [0.25, 0.3) is 0 Å². The average Bonchev–Trinajstić information content (AvgIpc) is 3.42. The number of hydrogen-bond acceptors (Lipinski definition) is 3. The molecule has 1 saturated carbocycles. The fourth-order valence-corrected chi connectivity index (χ4v) is 3.80. The van der Waals surface area contributed by atoms with E-state index in [2.05, 4.69) is 5.32 Å². The van der Waals surface area contributed by atoms with Crippen molar-refractivity contribution in [3.63, 3.8) is 0 Å². The third-order valence-corrected chi connectivity index (χ3v) is 5.52. The van der Waals surface area contributed by atoms with E-state index < -0.39 is 29.3 Å². The number of alkyl halides is 3. The summed E-state index contributed by atoms with van der Waals surface area (Å²) in [5.74, 6) is -1.75. The Morgan fingerprint density at radius 2 is 1.84 bits per heavy atom. The molecule has 0 bridgehead atoms. The Bertz CT molecular complexity index is 1170. The molecule has 1 heterocycles. The molecule has 158 valence electrons. The molecule has 0 radical (unpaired) electrons. The Morgan fingerprint density at radius 1 is 1.06 bits per heavy atom. The van der Waals surface area contributed by atoms with Crippen LogP contribution < -0.4 is 5.32 Å². The summed E-state index contributed by atoms with van der Waals surface area (Å²) in [6.45, 7) is 0. The lowest BCUT2D eigenvalue weighted by molar-refractivity contribution is -0.137. The van der Waals surface area contributed by atoms with Crippen LogP contribution in [0.5, 0.6) is 0 Å². The molecule has 2 aromatic carbocycles. The number of fused-ring (bicyclic) bond motifs is 1. The van der Waals surface area contributed by atoms with Crippen molar-refractivity contribution in [2.24, 2.45) is 0 Å². The molecule has 0 saturated heterocycles. The van der Waals surface area contributed by atoms with Gasteiger partial charge in [0, 0.05) is 6.04 Å². The monoisotopic (exact) mass is 427 g/mol. The van der Waals surface area contributed by atoms with Crippen molar-refractivity contribution in [3.05, 3.63) is 94.3 Å². The van der Waals surface area contributed by atoms with E-state index in [1.165, 1.54) is 24.3 Å². The van der Waals surface area contributed by atoms with Crippen LogP contribution in [0.15, 0.2) is 72.1 Å². The van der Waals surface area contributed by atoms with Crippen molar-refractivity contribution in [1.82, 2.24) is 5.32 Å². The zero-order valence-electron chi connectivity index (χ0n) is 16.2. The zero-order valence-corrected chi connectivity index (χ0v) is 16.2. The quantitative estimate of drug-likeness (QED) is 0.501. The van der Waals surface area contributed by atoms with Crippen molar-refractivity contribution in [3.8, 4) is 0 Å². The number of halogens is 4. The maximum Gasteiger partial charge on any atom is 0.416 e. The molecule has 0 spiro atoms. The minimum atomic E-state index is -4.54. The highest BCUT2D eigenvalue weighted by molar-refractivity contribution is 6.30. The van der Waals surface area contributed by atoms with E-state index >= 15 is 0 Å². The summed E-state index contributed by atoms with van der Waals surface area (Å²) in [6.07, 6.45) is 0.0200. The van der Waals surface area contributed by atoms with E-state index in [1.54, 1.807) is 24.3 Å². The number of Topliss-reactive ketones (excluding diaryl/α,β-unsaturated/α-hetero) is 1. The van der Waals surface area contributed by atoms with Crippen LogP contribution in [-0.2, 0) is 15.7 Å². The van der Waals surface area contributed by atoms with Gasteiger partial charge in [-0.3, -0.25) is 4.79 Å². The summed E-state index contributed by atoms with van der Waals surface area (Å²) in [6, 6.07) is 11.8. The highest BCUT2D eigenvalue weighted by atomic mass is 19.4. The summed E-state index contributed by atoms with van der Waals surface area (Å²) < 4.78 is 59.9. The fraction of sp³-hybridized carbons (Fsp3) is 0.208. The van der Waals surface area contributed by atoms with E-state index in [1.807, 2.05) is 0 Å². The molecular weight excluding hydrogens is 410 g/mol. The maximum absolute atomic E-state index is 14.6. The molecule has 3 nitrogen and oxygen atoms in total. The van der Waals surface area contributed by atoms with Gasteiger partial charge in [-0.15, -0.1) is 0 Å². The van der Waals surface area contributed by atoms with Crippen LogP contribution in [0.25, 0.3) is 11.6 Å². The predicted molar refractivity (Wildman–Crippen MR) is 107 cm³/mol. The first-order chi connectivity index (χ1) is 14.8. The maximum atomic E-state index is 14.6. The summed E-state index contributed by atoms with van der Waals surface area (Å²) in [4.78, 5) is 13.2. The standard InChI is InChI=1S/C24H17F4NO2/c25-19-11-13-4-1-2-7-17(13)18(19)12-20-22(30)21(23(31-20)29-16-8-9-16)14-5-3-6-15(10-14)24(26,27)28/h1-7,10-12,16,18,29H,8-9H2. The minimum absolute atomic E-state index is 0.0277. The molecule has 7 heteroatoms. The van der Waals surface area contributed by atoms with Crippen molar-refractivity contribution in [2.45, 2.75) is 31.0 Å². The van der Waals surface area contributed by atoms with E-state index in [0.717, 1.165) is 30.5 Å². The number of carbonyl (C=O) groups is 1. The van der Waals surface area contributed by atoms with Gasteiger partial charge in [-0.25, -0.2) is 4.39 Å². The predicted octanol–water partition coefficient (Wildman–Crippen LogP) is 5.72. The lowest BCUT2D eigenvalue weighted by Gasteiger charge is -2.10. The molecule has 1 unspecified atom stereocenters. The zero-order chi connectivity index (χ0) is 21.8. The number of carbonyl (C=O) groups excluding carboxylic acids is 1. The molecule has 1 N–H and O–H groups in total. The van der Waals surface area contributed by atoms with Gasteiger partial charge in [0.2, 0.25) is 11.7 Å². The third kappa shape index (κ3) is 3.65. The molecule has 2 aromatic rings. The molecule has 5 rings (SSSR count). The lowest BCUT2D eigenvalue weighted by Crippen LogP contribution is -2.16. The van der Waals surface area contributed by atoms with E-state index in [4.69, 9.17) is 4.74 Å². The lowest BCUT2D eigenvalue weighted by atomic mass is 9.96. The second-order valence-corrected chi connectivity index (χ2v) is 7.80. The Morgan fingerprint density at radius 3 is 2.58 bits per heavy atom. The largest absolute Gasteiger partial charge is 0.437 e. The third-order valence-electron chi connectivity index (χ3n) is 5.52. The number of hydrogen-bond donors (Lipinski definition) is 1. The fourth-order valence-electron chi connectivity index (χ4n) is 3.80. The first kappa shape index (κ1) is 19.6. The Hall–Kier alpha value is -3.35. The van der Waals surface area contributed by atoms with Crippen LogP contribution in [0.3, 0.4) is 0 Å². The van der Waals surface area contributed by atoms with Gasteiger partial charge in [0.05, 0.1) is 17.1 Å². The van der Waals surface area contributed by atoms with Crippen molar-refractivity contribution in [1.29, 1.82) is 0 Å². The van der Waals surface area contributed by atoms with Gasteiger partial charge >= 0.3 is 6.18 Å². The van der Waals surface area contributed by atoms with Crippen molar-refractivity contribution < 1.29 is 27.1 Å². The van der Waals surface area contributed by atoms with Crippen LogP contribution in [0.4, 0.5) is 17.6 Å². The van der Waals surface area contributed by atoms with Gasteiger partial charge < -0.3 is 10.1 Å². The van der Waals surface area contributed by atoms with E-state index in [-0.39, 0.29) is 28.8 Å². The van der Waals surface area contributed by atoms with Crippen molar-refractivity contribution in [2.75, 3.05) is 0 Å². The summed E-state index contributed by atoms with van der Waals surface area (Å²) >= 11 is 0. The second-order valence-electron chi connectivity index (χ2n) is 7.80. The van der Waals surface area contributed by atoms with Gasteiger partial charge in [0.1, 0.15) is 5.83 Å². The number of rotatable bonds is 4. The highest BCUT2D eigenvalue weighted by Crippen LogP contribution is 2.42. The Labute approximate surface area is 175 Å². The van der Waals surface area contributed by atoms with Gasteiger partial charge in [0.15, 0.2) is 5.76 Å². The van der Waals surface area contributed by atoms with Crippen LogP contribution in [0, 0.1) is 0 Å². The SMILES string of the molecule is O=C1C(=CC2C(F)=Cc3ccccc32)OC(NC2CC2)=C1c1cccc(C(F)(F)F)c1. The topological polar surface area (TPSA) is 38.3 Å². The number of allylic oxidation sites excluding steroid dienone is 3. The highest BCUT2D eigenvalue weighted by Gasteiger charge is 2.38. The van der Waals surface area contributed by atoms with Crippen LogP contribution in [0.2, 0.25) is 0 Å². The molecule has 1 fully saturated rings. The Kier molecular flexibility index (Phi) is 4.50. The normalized spacial score (nSPS) is 21.9. The van der Waals surface area contributed by atoms with Gasteiger partial charge in [-0.2, -0.15) is 13.2 Å². The van der Waals surface area contributed by atoms with Crippen LogP contribution >= 0.6 is 0 Å². The first-order valence-corrected chi connectivity index (χ1v) is 9.90. The number of benzene rings is 2. The number of nitrogens with one attached hydrogen (secondary N) is 1. The van der Waals surface area contributed by atoms with Crippen LogP contribution in [0.1, 0.15) is 41.0 Å². The molecule has 1 aliphatic heterocycles. The molecule has 31 heavy (non-hydrogen) atoms. The molecule has 0 amide bonds. The number of ketones is 1. The van der Waals surface area contributed by atoms with Crippen molar-refractivity contribution >= 4 is 17.4 Å². The first-order valence-electron chi connectivity index (χ1n) is 9.90. The van der Waals surface area contributed by atoms with Crippen LogP contribution in [-0.4, -0.2) is 11.8 Å². The van der Waals surface area contributed by atoms with Gasteiger partial charge in [-0.1, -0.05) is 36.4 Å². The second kappa shape index (κ2) is 7.11. The summed E-state index contributed by atoms with van der Waals surface area (Å²) in [7, 11) is 0. The van der Waals surface area contributed by atoms with E-state index in [0.29, 0.717) is 5.56 Å². The average molecular weight is 427 g/mol. The smallest absolute Gasteiger partial charge is 0.416 e.